The molecule has 2 aromatic rings. The summed E-state index contributed by atoms with van der Waals surface area (Å²) in [4.78, 5) is 26.0. The van der Waals surface area contributed by atoms with Gasteiger partial charge >= 0.3 is 12.2 Å². The van der Waals surface area contributed by atoms with Crippen LogP contribution >= 0.6 is 23.2 Å². The first-order chi connectivity index (χ1) is 24.4. The van der Waals surface area contributed by atoms with Crippen LogP contribution in [0.25, 0.3) is 0 Å². The molecule has 0 radical (unpaired) electrons. The molecule has 2 aromatic carbocycles. The first-order valence-electron chi connectivity index (χ1n) is 17.3. The summed E-state index contributed by atoms with van der Waals surface area (Å²) in [6, 6.07) is 13.8. The lowest BCUT2D eigenvalue weighted by atomic mass is 9.70. The quantitative estimate of drug-likeness (QED) is 0.220. The number of nitrogens with zero attached hydrogens (tertiary/aromatic N) is 4. The van der Waals surface area contributed by atoms with E-state index in [-0.39, 0.29) is 24.8 Å². The van der Waals surface area contributed by atoms with Crippen LogP contribution < -0.4 is 0 Å². The van der Waals surface area contributed by atoms with Crippen LogP contribution in [0.3, 0.4) is 0 Å². The van der Waals surface area contributed by atoms with Crippen LogP contribution in [0.1, 0.15) is 45.2 Å². The number of allylic oxidation sites excluding steroid dienone is 2. The summed E-state index contributed by atoms with van der Waals surface area (Å²) in [5.41, 5.74) is -2.02. The van der Waals surface area contributed by atoms with E-state index in [0.717, 1.165) is 12.2 Å². The maximum Gasteiger partial charge on any atom is 0.416 e. The number of urea groups is 1. The molecule has 2 aliphatic heterocycles. The van der Waals surface area contributed by atoms with Gasteiger partial charge in [0.15, 0.2) is 0 Å². The van der Waals surface area contributed by atoms with Gasteiger partial charge in [-0.1, -0.05) is 59.6 Å². The first kappa shape index (κ1) is 40.2. The third-order valence-corrected chi connectivity index (χ3v) is 11.7. The van der Waals surface area contributed by atoms with Crippen molar-refractivity contribution in [2.24, 2.45) is 10.9 Å². The summed E-state index contributed by atoms with van der Waals surface area (Å²) in [7, 11) is -3.10. The number of carbonyl (C=O) groups excluding carboxylic acids is 1. The predicted octanol–water partition coefficient (Wildman–Crippen LogP) is 7.45. The van der Waals surface area contributed by atoms with Crippen LogP contribution in [0.4, 0.5) is 18.0 Å². The number of carbonyl (C=O) groups is 1. The summed E-state index contributed by atoms with van der Waals surface area (Å²) >= 11 is 12.7. The monoisotopic (exact) mass is 784 g/mol. The molecule has 1 saturated heterocycles. The van der Waals surface area contributed by atoms with E-state index in [1.54, 1.807) is 47.9 Å². The number of hydrogen-bond donors (Lipinski definition) is 0. The fourth-order valence-electron chi connectivity index (χ4n) is 7.38. The number of rotatable bonds is 11. The van der Waals surface area contributed by atoms with Crippen LogP contribution in [0.2, 0.25) is 10.0 Å². The van der Waals surface area contributed by atoms with Gasteiger partial charge in [-0.2, -0.15) is 13.2 Å². The minimum absolute atomic E-state index is 0.0113. The summed E-state index contributed by atoms with van der Waals surface area (Å²) < 4.78 is 78.4. The maximum absolute atomic E-state index is 15.2. The summed E-state index contributed by atoms with van der Waals surface area (Å²) in [6.07, 6.45) is 0.290. The second-order valence-electron chi connectivity index (χ2n) is 13.6. The summed E-state index contributed by atoms with van der Waals surface area (Å²) in [5.74, 6) is -2.79. The van der Waals surface area contributed by atoms with Gasteiger partial charge in [0, 0.05) is 55.7 Å². The SMILES string of the molecule is CCOC1(OCC)C=C(C(F)(F)F)C=CC1C1=N[C@@](C)(c2ccc(Cl)cc2)[C@@](C)(c2ccc(Cl)cc2)N1C(=O)N1CCN(CCCS(C)(=O)=O)CC1. The lowest BCUT2D eigenvalue weighted by Gasteiger charge is -2.49. The Bertz CT molecular complexity index is 1810. The Balaban J connectivity index is 1.67. The van der Waals surface area contributed by atoms with Gasteiger partial charge in [0.1, 0.15) is 26.8 Å². The first-order valence-corrected chi connectivity index (χ1v) is 20.1. The molecule has 284 valence electrons. The number of sulfone groups is 1. The zero-order valence-corrected chi connectivity index (χ0v) is 32.2. The van der Waals surface area contributed by atoms with Crippen molar-refractivity contribution in [3.63, 3.8) is 0 Å². The summed E-state index contributed by atoms with van der Waals surface area (Å²) in [6.45, 7) is 9.38. The highest BCUT2D eigenvalue weighted by Crippen LogP contribution is 2.55. The molecule has 3 aliphatic rings. The van der Waals surface area contributed by atoms with E-state index in [9.17, 15) is 21.6 Å². The normalized spacial score (nSPS) is 25.3. The average Bonchev–Trinajstić information content (AvgIpc) is 3.32. The molecular formula is C37H45Cl2F3N4O5S. The molecule has 5 rings (SSSR count). The van der Waals surface area contributed by atoms with Gasteiger partial charge in [0.2, 0.25) is 5.79 Å². The molecule has 0 N–H and O–H groups in total. The van der Waals surface area contributed by atoms with E-state index < -0.39 is 50.4 Å². The van der Waals surface area contributed by atoms with Gasteiger partial charge in [-0.15, -0.1) is 0 Å². The molecule has 1 unspecified atom stereocenters. The van der Waals surface area contributed by atoms with E-state index in [1.807, 2.05) is 38.1 Å². The second-order valence-corrected chi connectivity index (χ2v) is 16.7. The van der Waals surface area contributed by atoms with Crippen molar-refractivity contribution in [1.82, 2.24) is 14.7 Å². The largest absolute Gasteiger partial charge is 0.416 e. The Hall–Kier alpha value is -2.94. The molecular weight excluding hydrogens is 740 g/mol. The number of amidine groups is 1. The lowest BCUT2D eigenvalue weighted by Crippen LogP contribution is -2.62. The topological polar surface area (TPSA) is 91.8 Å². The molecule has 9 nitrogen and oxygen atoms in total. The number of ether oxygens (including phenoxy) is 2. The molecule has 0 bridgehead atoms. The van der Waals surface area contributed by atoms with Crippen molar-refractivity contribution in [2.45, 2.75) is 57.2 Å². The van der Waals surface area contributed by atoms with E-state index in [1.165, 1.54) is 12.3 Å². The molecule has 2 heterocycles. The maximum atomic E-state index is 15.2. The third kappa shape index (κ3) is 7.95. The molecule has 0 saturated carbocycles. The lowest BCUT2D eigenvalue weighted by molar-refractivity contribution is -0.214. The highest BCUT2D eigenvalue weighted by molar-refractivity contribution is 7.90. The average molecular weight is 786 g/mol. The van der Waals surface area contributed by atoms with Crippen molar-refractivity contribution >= 4 is 44.9 Å². The minimum Gasteiger partial charge on any atom is -0.346 e. The molecule has 2 amide bonds. The Kier molecular flexibility index (Phi) is 11.9. The molecule has 52 heavy (non-hydrogen) atoms. The number of amides is 2. The number of aliphatic imine (C=N–C) groups is 1. The van der Waals surface area contributed by atoms with Gasteiger partial charge in [-0.3, -0.25) is 14.8 Å². The highest BCUT2D eigenvalue weighted by Gasteiger charge is 2.63. The molecule has 0 aromatic heterocycles. The van der Waals surface area contributed by atoms with Crippen molar-refractivity contribution < 1.29 is 35.9 Å². The Morgan fingerprint density at radius 2 is 1.46 bits per heavy atom. The number of halogens is 5. The molecule has 1 fully saturated rings. The van der Waals surface area contributed by atoms with Crippen molar-refractivity contribution in [1.29, 1.82) is 0 Å². The van der Waals surface area contributed by atoms with Gasteiger partial charge in [-0.05, 0) is 82.1 Å². The van der Waals surface area contributed by atoms with Crippen LogP contribution in [0.5, 0.6) is 0 Å². The predicted molar refractivity (Wildman–Crippen MR) is 197 cm³/mol. The molecule has 1 aliphatic carbocycles. The Morgan fingerprint density at radius 1 is 0.923 bits per heavy atom. The summed E-state index contributed by atoms with van der Waals surface area (Å²) in [5, 5.41) is 0.980. The van der Waals surface area contributed by atoms with Gasteiger partial charge in [-0.25, -0.2) is 13.2 Å². The van der Waals surface area contributed by atoms with Crippen LogP contribution in [0.15, 0.2) is 77.3 Å². The van der Waals surface area contributed by atoms with Crippen LogP contribution in [0, 0.1) is 5.92 Å². The van der Waals surface area contributed by atoms with E-state index in [4.69, 9.17) is 37.7 Å². The smallest absolute Gasteiger partial charge is 0.346 e. The van der Waals surface area contributed by atoms with E-state index in [0.29, 0.717) is 60.3 Å². The Morgan fingerprint density at radius 3 is 1.96 bits per heavy atom. The van der Waals surface area contributed by atoms with Crippen LogP contribution in [-0.4, -0.2) is 105 Å². The number of benzene rings is 2. The van der Waals surface area contributed by atoms with Crippen molar-refractivity contribution in [2.75, 3.05) is 57.9 Å². The molecule has 3 atom stereocenters. The fraction of sp³-hybridized carbons (Fsp3) is 0.514. The zero-order chi connectivity index (χ0) is 38.1. The van der Waals surface area contributed by atoms with Gasteiger partial charge in [0.05, 0.1) is 17.2 Å². The standard InChI is InChI=1S/C37H45Cl2F3N4O5S/c1-6-50-36(51-7-2)25-28(37(40,41)42)13-18-31(36)32-43-34(3,26-9-14-29(38)15-10-26)35(4,27-11-16-30(39)17-12-27)46(32)33(47)45-22-20-44(21-23-45)19-8-24-52(5,48)49/h9-18,25,31H,6-8,19-24H2,1-5H3/t31?,34-,35+/m0/s1. The second kappa shape index (κ2) is 15.4. The van der Waals surface area contributed by atoms with E-state index in [2.05, 4.69) is 4.90 Å². The third-order valence-electron chi connectivity index (χ3n) is 10.2. The van der Waals surface area contributed by atoms with E-state index >= 15 is 4.79 Å². The minimum atomic E-state index is -4.69. The van der Waals surface area contributed by atoms with Crippen molar-refractivity contribution in [3.05, 3.63) is 93.5 Å². The van der Waals surface area contributed by atoms with Gasteiger partial charge < -0.3 is 14.4 Å². The number of alkyl halides is 3. The molecule has 0 spiro atoms. The Labute approximate surface area is 314 Å². The van der Waals surface area contributed by atoms with Crippen molar-refractivity contribution in [3.8, 4) is 0 Å². The number of hydrogen-bond acceptors (Lipinski definition) is 7. The highest BCUT2D eigenvalue weighted by atomic mass is 35.5. The fourth-order valence-corrected chi connectivity index (χ4v) is 8.28. The molecule has 15 heteroatoms. The zero-order valence-electron chi connectivity index (χ0n) is 29.9. The van der Waals surface area contributed by atoms with Crippen LogP contribution in [-0.2, 0) is 30.4 Å². The van der Waals surface area contributed by atoms with Gasteiger partial charge in [0.25, 0.3) is 0 Å². The number of piperazine rings is 1.